The molecule has 2 aromatic rings. The first-order valence-corrected chi connectivity index (χ1v) is 9.72. The number of carbonyl (C=O) groups excluding carboxylic acids is 1. The highest BCUT2D eigenvalue weighted by Gasteiger charge is 2.32. The summed E-state index contributed by atoms with van der Waals surface area (Å²) in [4.78, 5) is 24.2. The van der Waals surface area contributed by atoms with Gasteiger partial charge in [0.1, 0.15) is 5.75 Å². The van der Waals surface area contributed by atoms with E-state index >= 15 is 0 Å². The highest BCUT2D eigenvalue weighted by Crippen LogP contribution is 2.31. The first-order chi connectivity index (χ1) is 13.2. The van der Waals surface area contributed by atoms with E-state index in [1.807, 2.05) is 35.4 Å². The van der Waals surface area contributed by atoms with Crippen molar-refractivity contribution in [3.63, 3.8) is 0 Å². The van der Waals surface area contributed by atoms with Crippen LogP contribution in [0.2, 0.25) is 0 Å². The number of nitrogens with one attached hydrogen (secondary N) is 1. The number of hydrogen-bond acceptors (Lipinski definition) is 5. The van der Waals surface area contributed by atoms with Gasteiger partial charge in [-0.2, -0.15) is 0 Å². The molecular weight excluding hydrogens is 340 g/mol. The quantitative estimate of drug-likeness (QED) is 0.880. The van der Waals surface area contributed by atoms with E-state index in [0.717, 1.165) is 68.1 Å². The summed E-state index contributed by atoms with van der Waals surface area (Å²) in [7, 11) is 1.66. The molecular formula is C21H26N4O2. The maximum atomic E-state index is 12.8. The van der Waals surface area contributed by atoms with E-state index in [0.29, 0.717) is 6.42 Å². The van der Waals surface area contributed by atoms with E-state index in [1.54, 1.807) is 7.11 Å². The van der Waals surface area contributed by atoms with Gasteiger partial charge in [-0.1, -0.05) is 12.1 Å². The fourth-order valence-corrected chi connectivity index (χ4v) is 3.93. The number of carbonyl (C=O) groups is 1. The normalized spacial score (nSPS) is 19.0. The molecule has 1 fully saturated rings. The Morgan fingerprint density at radius 3 is 3.00 bits per heavy atom. The van der Waals surface area contributed by atoms with Crippen molar-refractivity contribution in [3.05, 3.63) is 53.1 Å². The van der Waals surface area contributed by atoms with Crippen LogP contribution in [0.5, 0.6) is 5.75 Å². The van der Waals surface area contributed by atoms with Gasteiger partial charge in [-0.15, -0.1) is 0 Å². The Hall–Kier alpha value is -2.47. The lowest BCUT2D eigenvalue weighted by Gasteiger charge is -2.25. The molecule has 0 unspecified atom stereocenters. The lowest BCUT2D eigenvalue weighted by molar-refractivity contribution is -0.132. The van der Waals surface area contributed by atoms with Crippen LogP contribution in [0.25, 0.3) is 0 Å². The maximum absolute atomic E-state index is 12.8. The van der Waals surface area contributed by atoms with Crippen LogP contribution in [0.1, 0.15) is 47.9 Å². The molecule has 0 bridgehead atoms. The molecule has 0 saturated carbocycles. The fourth-order valence-electron chi connectivity index (χ4n) is 3.93. The third-order valence-corrected chi connectivity index (χ3v) is 5.48. The van der Waals surface area contributed by atoms with Gasteiger partial charge in [-0.05, 0) is 37.0 Å². The van der Waals surface area contributed by atoms with Crippen molar-refractivity contribution in [2.24, 2.45) is 0 Å². The zero-order valence-corrected chi connectivity index (χ0v) is 15.8. The average Bonchev–Trinajstić information content (AvgIpc) is 3.22. The molecule has 3 heterocycles. The van der Waals surface area contributed by atoms with E-state index in [1.165, 1.54) is 5.56 Å². The summed E-state index contributed by atoms with van der Waals surface area (Å²) in [5.41, 5.74) is 3.47. The second kappa shape index (κ2) is 8.05. The van der Waals surface area contributed by atoms with Crippen molar-refractivity contribution in [1.82, 2.24) is 20.2 Å². The van der Waals surface area contributed by atoms with Crippen molar-refractivity contribution in [2.75, 3.05) is 20.2 Å². The van der Waals surface area contributed by atoms with Gasteiger partial charge in [0.2, 0.25) is 5.91 Å². The zero-order chi connectivity index (χ0) is 18.6. The molecule has 2 aliphatic heterocycles. The first-order valence-electron chi connectivity index (χ1n) is 9.72. The first kappa shape index (κ1) is 17.9. The lowest BCUT2D eigenvalue weighted by Crippen LogP contribution is -2.32. The Bertz CT molecular complexity index is 806. The number of likely N-dealkylation sites (tertiary alicyclic amines) is 1. The smallest absolute Gasteiger partial charge is 0.223 e. The van der Waals surface area contributed by atoms with Crippen LogP contribution in [0.3, 0.4) is 0 Å². The van der Waals surface area contributed by atoms with Crippen molar-refractivity contribution in [3.8, 4) is 5.75 Å². The van der Waals surface area contributed by atoms with Crippen LogP contribution >= 0.6 is 0 Å². The number of hydrogen-bond donors (Lipinski definition) is 1. The molecule has 27 heavy (non-hydrogen) atoms. The number of benzene rings is 1. The molecule has 142 valence electrons. The number of methoxy groups -OCH3 is 1. The van der Waals surface area contributed by atoms with Gasteiger partial charge in [0.05, 0.1) is 13.2 Å². The Balaban J connectivity index is 1.42. The zero-order valence-electron chi connectivity index (χ0n) is 15.8. The highest BCUT2D eigenvalue weighted by atomic mass is 16.5. The lowest BCUT2D eigenvalue weighted by atomic mass is 10.1. The van der Waals surface area contributed by atoms with Gasteiger partial charge in [0.25, 0.3) is 0 Å². The van der Waals surface area contributed by atoms with Gasteiger partial charge in [0.15, 0.2) is 5.82 Å². The summed E-state index contributed by atoms with van der Waals surface area (Å²) in [6, 6.07) is 7.94. The van der Waals surface area contributed by atoms with Gasteiger partial charge in [-0.25, -0.2) is 9.97 Å². The number of amides is 1. The van der Waals surface area contributed by atoms with E-state index in [-0.39, 0.29) is 11.9 Å². The monoisotopic (exact) mass is 366 g/mol. The maximum Gasteiger partial charge on any atom is 0.223 e. The molecule has 1 amide bonds. The van der Waals surface area contributed by atoms with E-state index in [4.69, 9.17) is 9.72 Å². The highest BCUT2D eigenvalue weighted by molar-refractivity contribution is 5.77. The molecule has 1 atom stereocenters. The van der Waals surface area contributed by atoms with Crippen molar-refractivity contribution in [2.45, 2.75) is 44.7 Å². The van der Waals surface area contributed by atoms with Crippen LogP contribution in [-0.4, -0.2) is 41.0 Å². The molecule has 2 aliphatic rings. The summed E-state index contributed by atoms with van der Waals surface area (Å²) in [5.74, 6) is 1.84. The van der Waals surface area contributed by atoms with E-state index < -0.39 is 0 Å². The van der Waals surface area contributed by atoms with Crippen LogP contribution < -0.4 is 10.1 Å². The summed E-state index contributed by atoms with van der Waals surface area (Å²) in [5, 5.41) is 3.34. The fraction of sp³-hybridized carbons (Fsp3) is 0.476. The molecule has 1 saturated heterocycles. The Kier molecular flexibility index (Phi) is 5.34. The Morgan fingerprint density at radius 1 is 1.33 bits per heavy atom. The standard InChI is InChI=1S/C21H26N4O2/c1-27-17-7-4-15(5-8-17)6-9-20(26)25-12-2-3-19(25)21-23-14-16-13-22-11-10-18(16)24-21/h4-5,7-8,14,19,22H,2-3,6,9-13H2,1H3/t19-/m0/s1. The van der Waals surface area contributed by atoms with Crippen LogP contribution in [-0.2, 0) is 24.2 Å². The van der Waals surface area contributed by atoms with Crippen LogP contribution in [0, 0.1) is 0 Å². The predicted molar refractivity (Wildman–Crippen MR) is 102 cm³/mol. The molecule has 6 heteroatoms. The van der Waals surface area contributed by atoms with Gasteiger partial charge in [-0.3, -0.25) is 4.79 Å². The molecule has 0 aliphatic carbocycles. The number of aromatic nitrogens is 2. The van der Waals surface area contributed by atoms with Gasteiger partial charge in [0, 0.05) is 49.9 Å². The number of fused-ring (bicyclic) bond motifs is 1. The number of rotatable bonds is 5. The topological polar surface area (TPSA) is 67.3 Å². The minimum absolute atomic E-state index is 0.0218. The number of ether oxygens (including phenoxy) is 1. The van der Waals surface area contributed by atoms with Gasteiger partial charge < -0.3 is 15.0 Å². The second-order valence-electron chi connectivity index (χ2n) is 7.22. The van der Waals surface area contributed by atoms with Crippen LogP contribution in [0.15, 0.2) is 30.5 Å². The number of nitrogens with zero attached hydrogens (tertiary/aromatic N) is 3. The SMILES string of the molecule is COc1ccc(CCC(=O)N2CCC[C@H]2c2ncc3c(n2)CCNC3)cc1. The third kappa shape index (κ3) is 3.95. The molecule has 0 radical (unpaired) electrons. The predicted octanol–water partition coefficient (Wildman–Crippen LogP) is 2.43. The third-order valence-electron chi connectivity index (χ3n) is 5.48. The molecule has 4 rings (SSSR count). The Labute approximate surface area is 160 Å². The summed E-state index contributed by atoms with van der Waals surface area (Å²) in [6.07, 6.45) is 6.08. The molecule has 1 N–H and O–H groups in total. The average molecular weight is 366 g/mol. The Morgan fingerprint density at radius 2 is 2.19 bits per heavy atom. The number of aryl methyl sites for hydroxylation is 1. The molecule has 1 aromatic heterocycles. The van der Waals surface area contributed by atoms with Crippen molar-refractivity contribution < 1.29 is 9.53 Å². The van der Waals surface area contributed by atoms with E-state index in [9.17, 15) is 4.79 Å². The molecule has 0 spiro atoms. The molecule has 6 nitrogen and oxygen atoms in total. The van der Waals surface area contributed by atoms with Crippen molar-refractivity contribution >= 4 is 5.91 Å². The van der Waals surface area contributed by atoms with Crippen molar-refractivity contribution in [1.29, 1.82) is 0 Å². The van der Waals surface area contributed by atoms with Crippen LogP contribution in [0.4, 0.5) is 0 Å². The molecule has 1 aromatic carbocycles. The minimum Gasteiger partial charge on any atom is -0.497 e. The van der Waals surface area contributed by atoms with Gasteiger partial charge >= 0.3 is 0 Å². The summed E-state index contributed by atoms with van der Waals surface area (Å²) >= 11 is 0. The second-order valence-corrected chi connectivity index (χ2v) is 7.22. The largest absolute Gasteiger partial charge is 0.497 e. The summed E-state index contributed by atoms with van der Waals surface area (Å²) < 4.78 is 5.19. The summed E-state index contributed by atoms with van der Waals surface area (Å²) in [6.45, 7) is 2.59. The minimum atomic E-state index is 0.0218. The van der Waals surface area contributed by atoms with E-state index in [2.05, 4.69) is 10.3 Å².